The van der Waals surface area contributed by atoms with Gasteiger partial charge in [0, 0.05) is 38.8 Å². The van der Waals surface area contributed by atoms with E-state index in [1.807, 2.05) is 32.7 Å². The lowest BCUT2D eigenvalue weighted by atomic mass is 10.1. The van der Waals surface area contributed by atoms with Gasteiger partial charge < -0.3 is 15.2 Å². The highest BCUT2D eigenvalue weighted by molar-refractivity contribution is 6.31. The second-order valence-corrected chi connectivity index (χ2v) is 6.42. The van der Waals surface area contributed by atoms with E-state index in [2.05, 4.69) is 30.3 Å². The molecule has 7 nitrogen and oxygen atoms in total. The lowest BCUT2D eigenvalue weighted by Gasteiger charge is -2.17. The van der Waals surface area contributed by atoms with Gasteiger partial charge in [0.25, 0.3) is 5.95 Å². The second kappa shape index (κ2) is 8.33. The largest absolute Gasteiger partial charge is 0.386 e. The number of rotatable bonds is 7. The summed E-state index contributed by atoms with van der Waals surface area (Å²) < 4.78 is 14.2. The Labute approximate surface area is 163 Å². The fourth-order valence-electron chi connectivity index (χ4n) is 3.03. The van der Waals surface area contributed by atoms with Gasteiger partial charge in [0.05, 0.1) is 22.3 Å². The van der Waals surface area contributed by atoms with Crippen LogP contribution in [0.25, 0.3) is 21.9 Å². The number of nitrogens with one attached hydrogen (secondary N) is 2. The molecule has 0 spiro atoms. The molecule has 0 amide bonds. The Morgan fingerprint density at radius 1 is 1.29 bits per heavy atom. The van der Waals surface area contributed by atoms with E-state index in [0.29, 0.717) is 29.6 Å². The minimum Gasteiger partial charge on any atom is -0.386 e. The molecule has 3 aromatic rings. The van der Waals surface area contributed by atoms with E-state index in [4.69, 9.17) is 0 Å². The normalized spacial score (nSPS) is 12.4. The number of H-pyrrole nitrogens is 1. The summed E-state index contributed by atoms with van der Waals surface area (Å²) in [6, 6.07) is 2.98. The molecule has 0 aliphatic carbocycles. The van der Waals surface area contributed by atoms with E-state index in [9.17, 15) is 4.39 Å². The molecule has 0 saturated heterocycles. The Hall–Kier alpha value is -3.03. The van der Waals surface area contributed by atoms with E-state index in [1.165, 1.54) is 12.1 Å². The highest BCUT2D eigenvalue weighted by Gasteiger charge is 2.18. The topological polar surface area (TPSA) is 81.6 Å². The Kier molecular flexibility index (Phi) is 5.87. The first-order valence-electron chi connectivity index (χ1n) is 9.51. The van der Waals surface area contributed by atoms with Gasteiger partial charge in [-0.3, -0.25) is 4.99 Å². The number of aliphatic imine (C=N–C) groups is 2. The first kappa shape index (κ1) is 19.7. The second-order valence-electron chi connectivity index (χ2n) is 6.42. The summed E-state index contributed by atoms with van der Waals surface area (Å²) in [7, 11) is 3.71. The summed E-state index contributed by atoms with van der Waals surface area (Å²) in [6.07, 6.45) is 2.49. The van der Waals surface area contributed by atoms with E-state index >= 15 is 0 Å². The molecule has 0 aliphatic heterocycles. The van der Waals surface area contributed by atoms with Crippen LogP contribution in [-0.4, -0.2) is 54.1 Å². The van der Waals surface area contributed by atoms with Gasteiger partial charge in [0.2, 0.25) is 0 Å². The molecule has 0 saturated carbocycles. The van der Waals surface area contributed by atoms with Crippen molar-refractivity contribution in [1.82, 2.24) is 15.0 Å². The molecule has 0 radical (unpaired) electrons. The Bertz CT molecular complexity index is 1050. The van der Waals surface area contributed by atoms with Gasteiger partial charge >= 0.3 is 0 Å². The molecule has 3 rings (SSSR count). The van der Waals surface area contributed by atoms with Gasteiger partial charge in [0.1, 0.15) is 17.3 Å². The van der Waals surface area contributed by atoms with Crippen LogP contribution in [0.4, 0.5) is 21.8 Å². The summed E-state index contributed by atoms with van der Waals surface area (Å²) in [5.74, 6) is 0.766. The van der Waals surface area contributed by atoms with Crippen molar-refractivity contribution < 1.29 is 4.39 Å². The first-order chi connectivity index (χ1) is 13.5. The van der Waals surface area contributed by atoms with Crippen LogP contribution in [0.15, 0.2) is 22.1 Å². The third kappa shape index (κ3) is 3.67. The number of fused-ring (bicyclic) bond motifs is 3. The number of halogens is 1. The molecule has 2 N–H and O–H groups in total. The fourth-order valence-corrected chi connectivity index (χ4v) is 3.03. The highest BCUT2D eigenvalue weighted by Crippen LogP contribution is 2.36. The molecular formula is C20H26FN7. The smallest absolute Gasteiger partial charge is 0.253 e. The number of nitrogens with zero attached hydrogens (tertiary/aromatic N) is 5. The van der Waals surface area contributed by atoms with Crippen molar-refractivity contribution >= 4 is 51.3 Å². The van der Waals surface area contributed by atoms with E-state index < -0.39 is 0 Å². The molecule has 0 bridgehead atoms. The molecule has 28 heavy (non-hydrogen) atoms. The molecular weight excluding hydrogens is 357 g/mol. The van der Waals surface area contributed by atoms with Crippen LogP contribution in [0.1, 0.15) is 27.2 Å². The molecule has 0 fully saturated rings. The van der Waals surface area contributed by atoms with Crippen LogP contribution in [0, 0.1) is 5.82 Å². The summed E-state index contributed by atoms with van der Waals surface area (Å²) in [4.78, 5) is 23.4. The van der Waals surface area contributed by atoms with E-state index in [0.717, 1.165) is 35.0 Å². The fraction of sp³-hybridized carbons (Fsp3) is 0.400. The molecule has 0 atom stereocenters. The minimum atomic E-state index is -0.311. The molecule has 1 aromatic carbocycles. The van der Waals surface area contributed by atoms with Crippen molar-refractivity contribution in [2.24, 2.45) is 9.98 Å². The number of anilines is 2. The van der Waals surface area contributed by atoms with Crippen LogP contribution in [-0.2, 0) is 0 Å². The molecule has 2 heterocycles. The monoisotopic (exact) mass is 383 g/mol. The van der Waals surface area contributed by atoms with Gasteiger partial charge in [-0.1, -0.05) is 6.92 Å². The Morgan fingerprint density at radius 2 is 2.07 bits per heavy atom. The third-order valence-corrected chi connectivity index (χ3v) is 4.63. The number of aromatic amines is 1. The quantitative estimate of drug-likeness (QED) is 0.595. The maximum Gasteiger partial charge on any atom is 0.253 e. The van der Waals surface area contributed by atoms with Gasteiger partial charge in [-0.05, 0) is 32.4 Å². The predicted octanol–water partition coefficient (Wildman–Crippen LogP) is 4.32. The molecule has 148 valence electrons. The average Bonchev–Trinajstić information content (AvgIpc) is 3.07. The Morgan fingerprint density at radius 3 is 2.71 bits per heavy atom. The predicted molar refractivity (Wildman–Crippen MR) is 116 cm³/mol. The molecule has 8 heteroatoms. The summed E-state index contributed by atoms with van der Waals surface area (Å²) in [5.41, 5.74) is 2.91. The van der Waals surface area contributed by atoms with Crippen LogP contribution in [0.5, 0.6) is 0 Å². The molecule has 0 aliphatic rings. The van der Waals surface area contributed by atoms with Gasteiger partial charge in [0.15, 0.2) is 0 Å². The summed E-state index contributed by atoms with van der Waals surface area (Å²) in [5, 5.41) is 4.57. The third-order valence-electron chi connectivity index (χ3n) is 4.63. The zero-order valence-electron chi connectivity index (χ0n) is 17.0. The maximum absolute atomic E-state index is 14.2. The standard InChI is InChI=1S/C20H26FN7/c1-6-13(11-23-7-2)24-20-26-18-16(19(27-20)28(5)8-3)14-9-12(21)10-15(22-4)17(14)25-18/h9-11,22H,6-8H2,1-5H3,(H,25,26,27). The van der Waals surface area contributed by atoms with Crippen molar-refractivity contribution in [2.75, 3.05) is 37.4 Å². The Balaban J connectivity index is 2.32. The van der Waals surface area contributed by atoms with Crippen LogP contribution < -0.4 is 10.2 Å². The lowest BCUT2D eigenvalue weighted by Crippen LogP contribution is -2.17. The van der Waals surface area contributed by atoms with Gasteiger partial charge in [-0.25, -0.2) is 9.38 Å². The van der Waals surface area contributed by atoms with Crippen molar-refractivity contribution in [3.05, 3.63) is 17.9 Å². The lowest BCUT2D eigenvalue weighted by molar-refractivity contribution is 0.630. The summed E-state index contributed by atoms with van der Waals surface area (Å²) >= 11 is 0. The number of benzene rings is 1. The zero-order valence-corrected chi connectivity index (χ0v) is 17.0. The minimum absolute atomic E-state index is 0.311. The van der Waals surface area contributed by atoms with Gasteiger partial charge in [-0.15, -0.1) is 0 Å². The number of aromatic nitrogens is 3. The number of hydrogen-bond donors (Lipinski definition) is 2. The van der Waals surface area contributed by atoms with Crippen molar-refractivity contribution in [3.8, 4) is 0 Å². The average molecular weight is 383 g/mol. The van der Waals surface area contributed by atoms with Crippen molar-refractivity contribution in [1.29, 1.82) is 0 Å². The summed E-state index contributed by atoms with van der Waals surface area (Å²) in [6.45, 7) is 7.47. The van der Waals surface area contributed by atoms with Crippen molar-refractivity contribution in [2.45, 2.75) is 27.2 Å². The van der Waals surface area contributed by atoms with E-state index in [1.54, 1.807) is 13.3 Å². The van der Waals surface area contributed by atoms with E-state index in [-0.39, 0.29) is 5.82 Å². The van der Waals surface area contributed by atoms with Gasteiger partial charge in [-0.2, -0.15) is 9.97 Å². The highest BCUT2D eigenvalue weighted by atomic mass is 19.1. The SMILES string of the molecule is CCN=CC(CC)=Nc1nc(N(C)CC)c2c(n1)[nH]c1c(NC)cc(F)cc12. The first-order valence-corrected chi connectivity index (χ1v) is 9.51. The molecule has 0 unspecified atom stereocenters. The maximum atomic E-state index is 14.2. The van der Waals surface area contributed by atoms with Crippen LogP contribution >= 0.6 is 0 Å². The number of hydrogen-bond acceptors (Lipinski definition) is 6. The van der Waals surface area contributed by atoms with Crippen LogP contribution in [0.3, 0.4) is 0 Å². The van der Waals surface area contributed by atoms with Crippen LogP contribution in [0.2, 0.25) is 0 Å². The zero-order chi connectivity index (χ0) is 20.3. The van der Waals surface area contributed by atoms with Crippen molar-refractivity contribution in [3.63, 3.8) is 0 Å². The molecule has 2 aromatic heterocycles.